The van der Waals surface area contributed by atoms with E-state index in [0.29, 0.717) is 18.2 Å². The second kappa shape index (κ2) is 7.25. The predicted molar refractivity (Wildman–Crippen MR) is 97.5 cm³/mol. The Kier molecular flexibility index (Phi) is 4.85. The van der Waals surface area contributed by atoms with E-state index in [-0.39, 0.29) is 5.82 Å². The number of thioether (sulfide) groups is 1. The van der Waals surface area contributed by atoms with E-state index in [1.807, 2.05) is 6.26 Å². The highest BCUT2D eigenvalue weighted by Gasteiger charge is 2.27. The van der Waals surface area contributed by atoms with Gasteiger partial charge in [0, 0.05) is 50.9 Å². The summed E-state index contributed by atoms with van der Waals surface area (Å²) in [5.41, 5.74) is 1.71. The standard InChI is InChI=1S/C18H22FN5S/c1-25-18-21-15(13-4-5-13)11-17(22-18)24-9-7-23(8-10-24)12-16-14(19)3-2-6-20-16/h2-3,6,11,13H,4-5,7-10,12H2,1H3. The van der Waals surface area contributed by atoms with Gasteiger partial charge in [0.1, 0.15) is 11.6 Å². The molecule has 0 bridgehead atoms. The Balaban J connectivity index is 1.42. The number of nitrogens with zero attached hydrogens (tertiary/aromatic N) is 5. The van der Waals surface area contributed by atoms with Crippen LogP contribution in [-0.4, -0.2) is 52.3 Å². The molecule has 0 N–H and O–H groups in total. The van der Waals surface area contributed by atoms with Crippen molar-refractivity contribution in [1.29, 1.82) is 0 Å². The van der Waals surface area contributed by atoms with Crippen molar-refractivity contribution in [3.8, 4) is 0 Å². The number of halogens is 1. The molecule has 3 heterocycles. The van der Waals surface area contributed by atoms with Crippen LogP contribution in [-0.2, 0) is 6.54 Å². The Morgan fingerprint density at radius 3 is 2.68 bits per heavy atom. The van der Waals surface area contributed by atoms with Gasteiger partial charge in [-0.15, -0.1) is 0 Å². The normalized spacial score (nSPS) is 18.6. The van der Waals surface area contributed by atoms with E-state index in [2.05, 4.69) is 25.8 Å². The molecule has 132 valence electrons. The summed E-state index contributed by atoms with van der Waals surface area (Å²) in [7, 11) is 0. The van der Waals surface area contributed by atoms with Crippen LogP contribution in [0.15, 0.2) is 29.6 Å². The third kappa shape index (κ3) is 3.93. The van der Waals surface area contributed by atoms with Crippen molar-refractivity contribution in [1.82, 2.24) is 19.9 Å². The number of aromatic nitrogens is 3. The molecular formula is C18H22FN5S. The lowest BCUT2D eigenvalue weighted by atomic mass is 10.2. The summed E-state index contributed by atoms with van der Waals surface area (Å²) in [6, 6.07) is 5.26. The predicted octanol–water partition coefficient (Wildman–Crippen LogP) is 2.93. The summed E-state index contributed by atoms with van der Waals surface area (Å²) in [5.74, 6) is 1.44. The van der Waals surface area contributed by atoms with E-state index in [1.54, 1.807) is 24.0 Å². The summed E-state index contributed by atoms with van der Waals surface area (Å²) in [6.07, 6.45) is 6.16. The lowest BCUT2D eigenvalue weighted by Gasteiger charge is -2.35. The minimum atomic E-state index is -0.223. The molecule has 1 saturated carbocycles. The summed E-state index contributed by atoms with van der Waals surface area (Å²) < 4.78 is 13.8. The van der Waals surface area contributed by atoms with E-state index in [0.717, 1.165) is 37.2 Å². The Morgan fingerprint density at radius 1 is 1.20 bits per heavy atom. The number of hydrogen-bond acceptors (Lipinski definition) is 6. The second-order valence-corrected chi connectivity index (χ2v) is 7.38. The average molecular weight is 359 g/mol. The number of anilines is 1. The van der Waals surface area contributed by atoms with E-state index >= 15 is 0 Å². The fourth-order valence-corrected chi connectivity index (χ4v) is 3.53. The van der Waals surface area contributed by atoms with Gasteiger partial charge in [0.05, 0.1) is 11.4 Å². The van der Waals surface area contributed by atoms with E-state index < -0.39 is 0 Å². The van der Waals surface area contributed by atoms with Crippen LogP contribution in [0.3, 0.4) is 0 Å². The van der Waals surface area contributed by atoms with Gasteiger partial charge in [0.25, 0.3) is 0 Å². The number of hydrogen-bond donors (Lipinski definition) is 0. The zero-order valence-electron chi connectivity index (χ0n) is 14.4. The lowest BCUT2D eigenvalue weighted by Crippen LogP contribution is -2.46. The zero-order valence-corrected chi connectivity index (χ0v) is 15.2. The van der Waals surface area contributed by atoms with E-state index in [4.69, 9.17) is 4.98 Å². The minimum absolute atomic E-state index is 0.223. The number of rotatable bonds is 5. The van der Waals surface area contributed by atoms with Gasteiger partial charge in [-0.3, -0.25) is 9.88 Å². The van der Waals surface area contributed by atoms with E-state index in [9.17, 15) is 4.39 Å². The van der Waals surface area contributed by atoms with Crippen molar-refractivity contribution in [2.45, 2.75) is 30.5 Å². The van der Waals surface area contributed by atoms with Crippen molar-refractivity contribution in [3.63, 3.8) is 0 Å². The maximum absolute atomic E-state index is 13.8. The van der Waals surface area contributed by atoms with Crippen LogP contribution in [0.4, 0.5) is 10.2 Å². The van der Waals surface area contributed by atoms with Crippen LogP contribution in [0.25, 0.3) is 0 Å². The van der Waals surface area contributed by atoms with Gasteiger partial charge in [0.15, 0.2) is 5.16 Å². The van der Waals surface area contributed by atoms with Crippen molar-refractivity contribution in [3.05, 3.63) is 41.6 Å². The van der Waals surface area contributed by atoms with Crippen LogP contribution < -0.4 is 4.90 Å². The fourth-order valence-electron chi connectivity index (χ4n) is 3.15. The fraction of sp³-hybridized carbons (Fsp3) is 0.500. The third-order valence-electron chi connectivity index (χ3n) is 4.79. The summed E-state index contributed by atoms with van der Waals surface area (Å²) >= 11 is 1.60. The van der Waals surface area contributed by atoms with Crippen LogP contribution >= 0.6 is 11.8 Å². The third-order valence-corrected chi connectivity index (χ3v) is 5.34. The smallest absolute Gasteiger partial charge is 0.189 e. The average Bonchev–Trinajstić information content (AvgIpc) is 3.49. The highest BCUT2D eigenvalue weighted by molar-refractivity contribution is 7.98. The van der Waals surface area contributed by atoms with Crippen LogP contribution in [0.5, 0.6) is 0 Å². The van der Waals surface area contributed by atoms with Crippen molar-refractivity contribution >= 4 is 17.6 Å². The van der Waals surface area contributed by atoms with Crippen LogP contribution in [0, 0.1) is 5.82 Å². The largest absolute Gasteiger partial charge is 0.354 e. The first-order chi connectivity index (χ1) is 12.2. The van der Waals surface area contributed by atoms with Gasteiger partial charge in [-0.1, -0.05) is 11.8 Å². The second-order valence-electron chi connectivity index (χ2n) is 6.61. The molecule has 1 saturated heterocycles. The van der Waals surface area contributed by atoms with Gasteiger partial charge < -0.3 is 4.90 Å². The molecule has 0 amide bonds. The first kappa shape index (κ1) is 16.7. The molecule has 1 aliphatic carbocycles. The molecule has 2 fully saturated rings. The highest BCUT2D eigenvalue weighted by Crippen LogP contribution is 2.40. The number of piperazine rings is 1. The topological polar surface area (TPSA) is 45.2 Å². The van der Waals surface area contributed by atoms with Gasteiger partial charge in [0.2, 0.25) is 0 Å². The van der Waals surface area contributed by atoms with Crippen LogP contribution in [0.2, 0.25) is 0 Å². The molecular weight excluding hydrogens is 337 g/mol. The summed E-state index contributed by atoms with van der Waals surface area (Å²) in [4.78, 5) is 18.1. The molecule has 25 heavy (non-hydrogen) atoms. The summed E-state index contributed by atoms with van der Waals surface area (Å²) in [5, 5.41) is 0.859. The molecule has 0 atom stereocenters. The van der Waals surface area contributed by atoms with Gasteiger partial charge in [-0.05, 0) is 31.2 Å². The molecule has 7 heteroatoms. The maximum Gasteiger partial charge on any atom is 0.189 e. The first-order valence-electron chi connectivity index (χ1n) is 8.72. The zero-order chi connectivity index (χ0) is 17.2. The van der Waals surface area contributed by atoms with Crippen molar-refractivity contribution < 1.29 is 4.39 Å². The highest BCUT2D eigenvalue weighted by atomic mass is 32.2. The minimum Gasteiger partial charge on any atom is -0.354 e. The molecule has 4 rings (SSSR count). The molecule has 2 aliphatic rings. The molecule has 1 aliphatic heterocycles. The Labute approximate surface area is 151 Å². The van der Waals surface area contributed by atoms with Crippen molar-refractivity contribution in [2.75, 3.05) is 37.3 Å². The summed E-state index contributed by atoms with van der Waals surface area (Å²) in [6.45, 7) is 4.11. The molecule has 5 nitrogen and oxygen atoms in total. The molecule has 0 aromatic carbocycles. The molecule has 0 radical (unpaired) electrons. The molecule has 2 aromatic rings. The Morgan fingerprint density at radius 2 is 2.00 bits per heavy atom. The molecule has 2 aromatic heterocycles. The van der Waals surface area contributed by atoms with E-state index in [1.165, 1.54) is 24.6 Å². The van der Waals surface area contributed by atoms with Gasteiger partial charge in [-0.2, -0.15) is 0 Å². The molecule has 0 unspecified atom stereocenters. The van der Waals surface area contributed by atoms with Crippen molar-refractivity contribution in [2.24, 2.45) is 0 Å². The monoisotopic (exact) mass is 359 g/mol. The van der Waals surface area contributed by atoms with Gasteiger partial charge in [-0.25, -0.2) is 14.4 Å². The maximum atomic E-state index is 13.8. The SMILES string of the molecule is CSc1nc(C2CC2)cc(N2CCN(Cc3ncccc3F)CC2)n1. The van der Waals surface area contributed by atoms with Gasteiger partial charge >= 0.3 is 0 Å². The Hall–Kier alpha value is -1.73. The first-order valence-corrected chi connectivity index (χ1v) is 9.95. The van der Waals surface area contributed by atoms with Crippen LogP contribution in [0.1, 0.15) is 30.1 Å². The lowest BCUT2D eigenvalue weighted by molar-refractivity contribution is 0.243. The Bertz CT molecular complexity index is 744. The quantitative estimate of drug-likeness (QED) is 0.604. The number of pyridine rings is 1. The molecule has 0 spiro atoms.